The van der Waals surface area contributed by atoms with Crippen LogP contribution in [-0.4, -0.2) is 42.1 Å². The van der Waals surface area contributed by atoms with Gasteiger partial charge in [0.15, 0.2) is 6.10 Å². The summed E-state index contributed by atoms with van der Waals surface area (Å²) >= 11 is 0. The Balaban J connectivity index is 1.84. The number of carbonyl (C=O) groups excluding carboxylic acids is 4. The largest absolute Gasteiger partial charge is 0.451 e. The fourth-order valence-electron chi connectivity index (χ4n) is 3.13. The number of amides is 5. The number of anilines is 1. The minimum Gasteiger partial charge on any atom is -0.451 e. The Labute approximate surface area is 176 Å². The molecule has 0 radical (unpaired) electrons. The van der Waals surface area contributed by atoms with Gasteiger partial charge < -0.3 is 20.7 Å². The first-order chi connectivity index (χ1) is 14.3. The van der Waals surface area contributed by atoms with Crippen LogP contribution in [0.3, 0.4) is 0 Å². The van der Waals surface area contributed by atoms with Crippen molar-refractivity contribution >= 4 is 29.6 Å². The number of nitrogens with one attached hydrogen (secondary N) is 4. The third kappa shape index (κ3) is 7.38. The molecule has 2 rings (SSSR count). The molecule has 0 aliphatic heterocycles. The van der Waals surface area contributed by atoms with E-state index in [2.05, 4.69) is 21.3 Å². The molecule has 30 heavy (non-hydrogen) atoms. The number of benzene rings is 1. The Kier molecular flexibility index (Phi) is 8.64. The van der Waals surface area contributed by atoms with Gasteiger partial charge in [-0.3, -0.25) is 10.1 Å². The lowest BCUT2D eigenvalue weighted by atomic mass is 10.0. The monoisotopic (exact) mass is 418 g/mol. The SMILES string of the molecule is CC(C)[C@H](NC(=O)Nc1ccccc1)C(=O)O[C@H](C)C(=O)NC(=O)NC1CCCC1. The molecular formula is C21H30N4O5. The maximum Gasteiger partial charge on any atom is 0.329 e. The molecule has 1 aromatic carbocycles. The van der Waals surface area contributed by atoms with Crippen LogP contribution < -0.4 is 21.3 Å². The lowest BCUT2D eigenvalue weighted by Gasteiger charge is -2.23. The quantitative estimate of drug-likeness (QED) is 0.506. The molecule has 0 bridgehead atoms. The number of carbonyl (C=O) groups is 4. The first-order valence-corrected chi connectivity index (χ1v) is 10.2. The van der Waals surface area contributed by atoms with Gasteiger partial charge in [-0.1, -0.05) is 44.9 Å². The molecule has 0 unspecified atom stereocenters. The highest BCUT2D eigenvalue weighted by Crippen LogP contribution is 2.17. The highest BCUT2D eigenvalue weighted by molar-refractivity contribution is 5.98. The van der Waals surface area contributed by atoms with Crippen LogP contribution in [0.15, 0.2) is 30.3 Å². The van der Waals surface area contributed by atoms with Crippen molar-refractivity contribution in [3.05, 3.63) is 30.3 Å². The summed E-state index contributed by atoms with van der Waals surface area (Å²) in [6, 6.07) is 6.72. The average molecular weight is 418 g/mol. The predicted molar refractivity (Wildman–Crippen MR) is 112 cm³/mol. The van der Waals surface area contributed by atoms with E-state index in [4.69, 9.17) is 4.74 Å². The van der Waals surface area contributed by atoms with Crippen molar-refractivity contribution in [2.75, 3.05) is 5.32 Å². The van der Waals surface area contributed by atoms with Crippen LogP contribution >= 0.6 is 0 Å². The van der Waals surface area contributed by atoms with Gasteiger partial charge in [0.25, 0.3) is 5.91 Å². The molecule has 2 atom stereocenters. The third-order valence-electron chi connectivity index (χ3n) is 4.83. The molecule has 9 heteroatoms. The Hall–Kier alpha value is -3.10. The van der Waals surface area contributed by atoms with E-state index in [1.807, 2.05) is 6.07 Å². The van der Waals surface area contributed by atoms with Gasteiger partial charge in [-0.2, -0.15) is 0 Å². The summed E-state index contributed by atoms with van der Waals surface area (Å²) < 4.78 is 5.18. The second-order valence-corrected chi connectivity index (χ2v) is 7.71. The molecule has 1 aliphatic rings. The van der Waals surface area contributed by atoms with E-state index in [0.29, 0.717) is 5.69 Å². The molecule has 0 heterocycles. The lowest BCUT2D eigenvalue weighted by molar-refractivity contribution is -0.157. The van der Waals surface area contributed by atoms with E-state index in [-0.39, 0.29) is 12.0 Å². The first-order valence-electron chi connectivity index (χ1n) is 10.2. The summed E-state index contributed by atoms with van der Waals surface area (Å²) in [4.78, 5) is 48.8. The molecule has 0 spiro atoms. The second kappa shape index (κ2) is 11.2. The minimum absolute atomic E-state index is 0.0632. The fraction of sp³-hybridized carbons (Fsp3) is 0.524. The van der Waals surface area contributed by atoms with Crippen molar-refractivity contribution in [2.24, 2.45) is 5.92 Å². The molecule has 164 valence electrons. The van der Waals surface area contributed by atoms with Gasteiger partial charge >= 0.3 is 18.0 Å². The predicted octanol–water partition coefficient (Wildman–Crippen LogP) is 2.53. The van der Waals surface area contributed by atoms with E-state index in [1.165, 1.54) is 6.92 Å². The van der Waals surface area contributed by atoms with E-state index < -0.39 is 36.1 Å². The average Bonchev–Trinajstić information content (AvgIpc) is 3.19. The van der Waals surface area contributed by atoms with E-state index in [0.717, 1.165) is 25.7 Å². The molecule has 0 saturated heterocycles. The van der Waals surface area contributed by atoms with Gasteiger partial charge in [-0.05, 0) is 37.8 Å². The molecule has 1 aromatic rings. The first kappa shape index (κ1) is 23.2. The number of hydrogen-bond acceptors (Lipinski definition) is 5. The molecule has 1 fully saturated rings. The summed E-state index contributed by atoms with van der Waals surface area (Å²) in [6.07, 6.45) is 2.69. The Morgan fingerprint density at radius 2 is 1.60 bits per heavy atom. The van der Waals surface area contributed by atoms with Crippen LogP contribution in [0.5, 0.6) is 0 Å². The summed E-state index contributed by atoms with van der Waals surface area (Å²) in [7, 11) is 0. The van der Waals surface area contributed by atoms with Crippen molar-refractivity contribution in [3.8, 4) is 0 Å². The standard InChI is InChI=1S/C21H30N4O5/c1-13(2)17(24-20(28)22-15-9-5-4-6-10-15)19(27)30-14(3)18(26)25-21(29)23-16-11-7-8-12-16/h4-6,9-10,13-14,16-17H,7-8,11-12H2,1-3H3,(H2,22,24,28)(H2,23,25,26,29)/t14-,17+/m1/s1. The number of urea groups is 2. The van der Waals surface area contributed by atoms with Gasteiger partial charge in [-0.25, -0.2) is 14.4 Å². The smallest absolute Gasteiger partial charge is 0.329 e. The zero-order chi connectivity index (χ0) is 22.1. The van der Waals surface area contributed by atoms with Crippen molar-refractivity contribution in [2.45, 2.75) is 64.6 Å². The van der Waals surface area contributed by atoms with Crippen molar-refractivity contribution < 1.29 is 23.9 Å². The van der Waals surface area contributed by atoms with Gasteiger partial charge in [0, 0.05) is 11.7 Å². The summed E-state index contributed by atoms with van der Waals surface area (Å²) in [5, 5.41) is 10.1. The molecule has 4 N–H and O–H groups in total. The van der Waals surface area contributed by atoms with Crippen LogP contribution in [0.25, 0.3) is 0 Å². The van der Waals surface area contributed by atoms with Crippen molar-refractivity contribution in [1.82, 2.24) is 16.0 Å². The van der Waals surface area contributed by atoms with Crippen LogP contribution in [0.1, 0.15) is 46.5 Å². The number of hydrogen-bond donors (Lipinski definition) is 4. The molecule has 0 aromatic heterocycles. The van der Waals surface area contributed by atoms with Crippen molar-refractivity contribution in [1.29, 1.82) is 0 Å². The number of para-hydroxylation sites is 1. The van der Waals surface area contributed by atoms with Crippen LogP contribution in [-0.2, 0) is 14.3 Å². The summed E-state index contributed by atoms with van der Waals surface area (Å²) in [5.41, 5.74) is 0.576. The van der Waals surface area contributed by atoms with E-state index >= 15 is 0 Å². The fourth-order valence-corrected chi connectivity index (χ4v) is 3.13. The van der Waals surface area contributed by atoms with Gasteiger partial charge in [0.1, 0.15) is 6.04 Å². The normalized spacial score (nSPS) is 15.7. The van der Waals surface area contributed by atoms with Gasteiger partial charge in [0.2, 0.25) is 0 Å². The maximum atomic E-state index is 12.5. The van der Waals surface area contributed by atoms with Gasteiger partial charge in [-0.15, -0.1) is 0 Å². The van der Waals surface area contributed by atoms with Crippen LogP contribution in [0, 0.1) is 5.92 Å². The summed E-state index contributed by atoms with van der Waals surface area (Å²) in [5.74, 6) is -1.76. The summed E-state index contributed by atoms with van der Waals surface area (Å²) in [6.45, 7) is 4.86. The van der Waals surface area contributed by atoms with E-state index in [9.17, 15) is 19.2 Å². The zero-order valence-electron chi connectivity index (χ0n) is 17.6. The molecule has 5 amide bonds. The minimum atomic E-state index is -1.19. The Morgan fingerprint density at radius 1 is 0.967 bits per heavy atom. The maximum absolute atomic E-state index is 12.5. The number of ether oxygens (including phenoxy) is 1. The highest BCUT2D eigenvalue weighted by atomic mass is 16.5. The molecule has 1 saturated carbocycles. The zero-order valence-corrected chi connectivity index (χ0v) is 17.6. The Bertz CT molecular complexity index is 747. The van der Waals surface area contributed by atoms with Crippen LogP contribution in [0.4, 0.5) is 15.3 Å². The number of imide groups is 1. The Morgan fingerprint density at radius 3 is 2.20 bits per heavy atom. The molecule has 1 aliphatic carbocycles. The number of esters is 1. The van der Waals surface area contributed by atoms with Crippen LogP contribution in [0.2, 0.25) is 0 Å². The third-order valence-corrected chi connectivity index (χ3v) is 4.83. The van der Waals surface area contributed by atoms with E-state index in [1.54, 1.807) is 38.1 Å². The highest BCUT2D eigenvalue weighted by Gasteiger charge is 2.29. The lowest BCUT2D eigenvalue weighted by Crippen LogP contribution is -2.50. The number of rotatable bonds is 7. The second-order valence-electron chi connectivity index (χ2n) is 7.71. The molecular weight excluding hydrogens is 388 g/mol. The van der Waals surface area contributed by atoms with Gasteiger partial charge in [0.05, 0.1) is 0 Å². The topological polar surface area (TPSA) is 126 Å². The van der Waals surface area contributed by atoms with Crippen molar-refractivity contribution in [3.63, 3.8) is 0 Å². The molecule has 9 nitrogen and oxygen atoms in total.